The quantitative estimate of drug-likeness (QED) is 0.846. The van der Waals surface area contributed by atoms with E-state index in [2.05, 4.69) is 10.1 Å². The summed E-state index contributed by atoms with van der Waals surface area (Å²) in [7, 11) is 0. The van der Waals surface area contributed by atoms with Gasteiger partial charge in [-0.1, -0.05) is 18.6 Å². The van der Waals surface area contributed by atoms with E-state index >= 15 is 0 Å². The third kappa shape index (κ3) is 3.82. The lowest BCUT2D eigenvalue weighted by atomic mass is 10.1. The van der Waals surface area contributed by atoms with Gasteiger partial charge < -0.3 is 10.1 Å². The molecule has 0 radical (unpaired) electrons. The van der Waals surface area contributed by atoms with Crippen LogP contribution < -0.4 is 10.1 Å². The third-order valence-electron chi connectivity index (χ3n) is 3.44. The minimum absolute atomic E-state index is 0.0721. The molecule has 0 saturated heterocycles. The number of carbonyl (C=O) groups excluding carboxylic acids is 1. The van der Waals surface area contributed by atoms with Gasteiger partial charge in [-0.2, -0.15) is 8.78 Å². The lowest BCUT2D eigenvalue weighted by Crippen LogP contribution is -2.31. The van der Waals surface area contributed by atoms with Crippen LogP contribution in [0.15, 0.2) is 24.3 Å². The number of hydrogen-bond donors (Lipinski definition) is 1. The molecule has 1 N–H and O–H groups in total. The molecule has 3 nitrogen and oxygen atoms in total. The van der Waals surface area contributed by atoms with Crippen LogP contribution in [0.1, 0.15) is 29.6 Å². The Morgan fingerprint density at radius 2 is 2.15 bits per heavy atom. The van der Waals surface area contributed by atoms with Crippen molar-refractivity contribution < 1.29 is 18.3 Å². The maximum absolute atomic E-state index is 12.3. The molecule has 2 atom stereocenters. The molecule has 0 spiro atoms. The van der Waals surface area contributed by atoms with Crippen molar-refractivity contribution in [1.29, 1.82) is 0 Å². The second kappa shape index (κ2) is 6.88. The molecule has 1 aliphatic rings. The van der Waals surface area contributed by atoms with Crippen LogP contribution in [0.2, 0.25) is 0 Å². The molecular weight excluding hydrogens is 288 g/mol. The van der Waals surface area contributed by atoms with E-state index in [0.717, 1.165) is 19.3 Å². The minimum atomic E-state index is -2.95. The summed E-state index contributed by atoms with van der Waals surface area (Å²) in [5, 5.41) is 2.81. The lowest BCUT2D eigenvalue weighted by molar-refractivity contribution is -0.0501. The standard InChI is InChI=1S/C14H16ClF2NO2/c15-11-6-3-4-9(11)8-18-13(19)10-5-1-2-7-12(10)20-14(16)17/h1-2,5,7,9,11,14H,3-4,6,8H2,(H,18,19). The molecule has 110 valence electrons. The monoisotopic (exact) mass is 303 g/mol. The highest BCUT2D eigenvalue weighted by molar-refractivity contribution is 6.21. The van der Waals surface area contributed by atoms with E-state index in [0.29, 0.717) is 6.54 Å². The number of alkyl halides is 3. The predicted octanol–water partition coefficient (Wildman–Crippen LogP) is 3.43. The van der Waals surface area contributed by atoms with Gasteiger partial charge in [-0.05, 0) is 30.9 Å². The van der Waals surface area contributed by atoms with Crippen LogP contribution in [0.25, 0.3) is 0 Å². The van der Waals surface area contributed by atoms with E-state index in [1.54, 1.807) is 12.1 Å². The molecule has 2 rings (SSSR count). The zero-order chi connectivity index (χ0) is 14.5. The Balaban J connectivity index is 1.98. The molecule has 0 bridgehead atoms. The van der Waals surface area contributed by atoms with Gasteiger partial charge in [-0.15, -0.1) is 11.6 Å². The summed E-state index contributed by atoms with van der Waals surface area (Å²) in [6.07, 6.45) is 2.98. The molecule has 1 aromatic carbocycles. The number of benzene rings is 1. The fraction of sp³-hybridized carbons (Fsp3) is 0.500. The average molecular weight is 304 g/mol. The molecule has 6 heteroatoms. The first-order valence-corrected chi connectivity index (χ1v) is 6.97. The van der Waals surface area contributed by atoms with Crippen LogP contribution >= 0.6 is 11.6 Å². The second-order valence-corrected chi connectivity index (χ2v) is 5.35. The molecule has 1 amide bonds. The van der Waals surface area contributed by atoms with Gasteiger partial charge in [0.15, 0.2) is 0 Å². The van der Waals surface area contributed by atoms with E-state index < -0.39 is 12.5 Å². The number of rotatable bonds is 5. The first kappa shape index (κ1) is 15.0. The first-order chi connectivity index (χ1) is 9.58. The molecular formula is C14H16ClF2NO2. The van der Waals surface area contributed by atoms with Crippen LogP contribution in [-0.4, -0.2) is 24.4 Å². The fourth-order valence-corrected chi connectivity index (χ4v) is 2.76. The van der Waals surface area contributed by atoms with Crippen molar-refractivity contribution >= 4 is 17.5 Å². The van der Waals surface area contributed by atoms with Crippen molar-refractivity contribution in [2.24, 2.45) is 5.92 Å². The van der Waals surface area contributed by atoms with Crippen LogP contribution in [-0.2, 0) is 0 Å². The predicted molar refractivity (Wildman–Crippen MR) is 72.4 cm³/mol. The minimum Gasteiger partial charge on any atom is -0.434 e. The van der Waals surface area contributed by atoms with Gasteiger partial charge in [0.1, 0.15) is 5.75 Å². The van der Waals surface area contributed by atoms with Crippen molar-refractivity contribution in [2.45, 2.75) is 31.3 Å². The Hall–Kier alpha value is -1.36. The average Bonchev–Trinajstić information content (AvgIpc) is 2.81. The molecule has 0 heterocycles. The van der Waals surface area contributed by atoms with Crippen molar-refractivity contribution in [3.05, 3.63) is 29.8 Å². The smallest absolute Gasteiger partial charge is 0.387 e. The highest BCUT2D eigenvalue weighted by Gasteiger charge is 2.26. The topological polar surface area (TPSA) is 38.3 Å². The third-order valence-corrected chi connectivity index (χ3v) is 4.01. The second-order valence-electron chi connectivity index (χ2n) is 4.79. The van der Waals surface area contributed by atoms with Crippen LogP contribution in [0.4, 0.5) is 8.78 Å². The van der Waals surface area contributed by atoms with Gasteiger partial charge in [0, 0.05) is 11.9 Å². The van der Waals surface area contributed by atoms with Gasteiger partial charge >= 0.3 is 6.61 Å². The van der Waals surface area contributed by atoms with Gasteiger partial charge in [0.25, 0.3) is 5.91 Å². The van der Waals surface area contributed by atoms with Crippen molar-refractivity contribution in [3.8, 4) is 5.75 Å². The summed E-state index contributed by atoms with van der Waals surface area (Å²) < 4.78 is 28.9. The van der Waals surface area contributed by atoms with E-state index in [1.807, 2.05) is 0 Å². The van der Waals surface area contributed by atoms with E-state index in [-0.39, 0.29) is 22.6 Å². The summed E-state index contributed by atoms with van der Waals surface area (Å²) in [4.78, 5) is 12.0. The summed E-state index contributed by atoms with van der Waals surface area (Å²) >= 11 is 6.13. The Labute approximate surface area is 121 Å². The molecule has 1 aromatic rings. The van der Waals surface area contributed by atoms with Crippen LogP contribution in [0, 0.1) is 5.92 Å². The maximum atomic E-state index is 12.3. The van der Waals surface area contributed by atoms with Crippen molar-refractivity contribution in [1.82, 2.24) is 5.32 Å². The molecule has 20 heavy (non-hydrogen) atoms. The zero-order valence-electron chi connectivity index (χ0n) is 10.8. The molecule has 1 aliphatic carbocycles. The molecule has 1 fully saturated rings. The largest absolute Gasteiger partial charge is 0.434 e. The fourth-order valence-electron chi connectivity index (χ4n) is 2.39. The molecule has 1 saturated carbocycles. The van der Waals surface area contributed by atoms with Gasteiger partial charge in [0.05, 0.1) is 5.56 Å². The number of nitrogens with one attached hydrogen (secondary N) is 1. The highest BCUT2D eigenvalue weighted by atomic mass is 35.5. The Kier molecular flexibility index (Phi) is 5.17. The SMILES string of the molecule is O=C(NCC1CCCC1Cl)c1ccccc1OC(F)F. The summed E-state index contributed by atoms with van der Waals surface area (Å²) in [5.41, 5.74) is 0.108. The Morgan fingerprint density at radius 3 is 2.80 bits per heavy atom. The zero-order valence-corrected chi connectivity index (χ0v) is 11.6. The number of para-hydroxylation sites is 1. The number of amides is 1. The normalized spacial score (nSPS) is 22.0. The number of hydrogen-bond acceptors (Lipinski definition) is 2. The van der Waals surface area contributed by atoms with Crippen molar-refractivity contribution in [2.75, 3.05) is 6.54 Å². The first-order valence-electron chi connectivity index (χ1n) is 6.54. The molecule has 0 aliphatic heterocycles. The summed E-state index contributed by atoms with van der Waals surface area (Å²) in [6.45, 7) is -2.50. The van der Waals surface area contributed by atoms with Crippen LogP contribution in [0.3, 0.4) is 0 Å². The Bertz CT molecular complexity index is 470. The van der Waals surface area contributed by atoms with Crippen LogP contribution in [0.5, 0.6) is 5.75 Å². The molecule has 0 aromatic heterocycles. The molecule has 2 unspecified atom stereocenters. The summed E-state index contributed by atoms with van der Waals surface area (Å²) in [5.74, 6) is -0.297. The number of carbonyl (C=O) groups is 1. The summed E-state index contributed by atoms with van der Waals surface area (Å²) in [6, 6.07) is 5.95. The maximum Gasteiger partial charge on any atom is 0.387 e. The van der Waals surface area contributed by atoms with Gasteiger partial charge in [0.2, 0.25) is 0 Å². The van der Waals surface area contributed by atoms with E-state index in [9.17, 15) is 13.6 Å². The van der Waals surface area contributed by atoms with Gasteiger partial charge in [-0.25, -0.2) is 0 Å². The van der Waals surface area contributed by atoms with Gasteiger partial charge in [-0.3, -0.25) is 4.79 Å². The number of ether oxygens (including phenoxy) is 1. The van der Waals surface area contributed by atoms with Crippen molar-refractivity contribution in [3.63, 3.8) is 0 Å². The van der Waals surface area contributed by atoms with E-state index in [4.69, 9.17) is 11.6 Å². The Morgan fingerprint density at radius 1 is 1.40 bits per heavy atom. The lowest BCUT2D eigenvalue weighted by Gasteiger charge is -2.15. The highest BCUT2D eigenvalue weighted by Crippen LogP contribution is 2.29. The number of halogens is 3. The van der Waals surface area contributed by atoms with E-state index in [1.165, 1.54) is 12.1 Å².